The maximum atomic E-state index is 5.71. The van der Waals surface area contributed by atoms with E-state index >= 15 is 0 Å². The van der Waals surface area contributed by atoms with E-state index < -0.39 is 0 Å². The largest absolute Gasteiger partial charge is 0.368 e. The molecule has 0 aliphatic carbocycles. The predicted molar refractivity (Wildman–Crippen MR) is 108 cm³/mol. The van der Waals surface area contributed by atoms with Crippen LogP contribution in [0.15, 0.2) is 54.9 Å². The van der Waals surface area contributed by atoms with Gasteiger partial charge < -0.3 is 11.1 Å². The number of fused-ring (bicyclic) bond motifs is 1. The maximum absolute atomic E-state index is 5.71. The normalized spacial score (nSPS) is 11.0. The van der Waals surface area contributed by atoms with Crippen LogP contribution in [-0.4, -0.2) is 28.0 Å². The minimum Gasteiger partial charge on any atom is -0.368 e. The smallest absolute Gasteiger partial charge is 0.163 e. The molecule has 0 spiro atoms. The Morgan fingerprint density at radius 3 is 2.50 bits per heavy atom. The summed E-state index contributed by atoms with van der Waals surface area (Å²) in [4.78, 5) is 15.9. The summed E-state index contributed by atoms with van der Waals surface area (Å²) in [5.74, 6) is 1.52. The Kier molecular flexibility index (Phi) is 4.60. The zero-order chi connectivity index (χ0) is 17.9. The highest BCUT2D eigenvalue weighted by molar-refractivity contribution is 7.19. The number of hydrogen-bond donors (Lipinski definition) is 2. The molecule has 0 atom stereocenters. The maximum Gasteiger partial charge on any atom is 0.163 e. The SMILES string of the molecule is Cc1sc2nc(-c3ccncc3)nc(NCCN)c2c1-c1ccccc1. The van der Waals surface area contributed by atoms with Crippen molar-refractivity contribution in [1.82, 2.24) is 15.0 Å². The van der Waals surface area contributed by atoms with Gasteiger partial charge in [0, 0.05) is 41.5 Å². The fraction of sp³-hybridized carbons (Fsp3) is 0.150. The zero-order valence-corrected chi connectivity index (χ0v) is 15.3. The molecule has 0 fully saturated rings. The number of nitrogens with zero attached hydrogens (tertiary/aromatic N) is 3. The molecule has 0 aliphatic heterocycles. The summed E-state index contributed by atoms with van der Waals surface area (Å²) in [7, 11) is 0. The van der Waals surface area contributed by atoms with E-state index in [0.717, 1.165) is 21.6 Å². The molecule has 1 aromatic carbocycles. The van der Waals surface area contributed by atoms with Crippen molar-refractivity contribution in [1.29, 1.82) is 0 Å². The van der Waals surface area contributed by atoms with Gasteiger partial charge in [0.15, 0.2) is 5.82 Å². The highest BCUT2D eigenvalue weighted by atomic mass is 32.1. The van der Waals surface area contributed by atoms with Crippen LogP contribution in [0.2, 0.25) is 0 Å². The van der Waals surface area contributed by atoms with Crippen LogP contribution in [0.5, 0.6) is 0 Å². The number of aromatic nitrogens is 3. The third kappa shape index (κ3) is 3.05. The molecule has 4 rings (SSSR count). The van der Waals surface area contributed by atoms with Crippen LogP contribution < -0.4 is 11.1 Å². The van der Waals surface area contributed by atoms with Gasteiger partial charge in [-0.15, -0.1) is 11.3 Å². The molecule has 3 heterocycles. The number of hydrogen-bond acceptors (Lipinski definition) is 6. The molecule has 3 N–H and O–H groups in total. The van der Waals surface area contributed by atoms with Crippen LogP contribution in [-0.2, 0) is 0 Å². The number of anilines is 1. The summed E-state index contributed by atoms with van der Waals surface area (Å²) in [5, 5.41) is 4.45. The highest BCUT2D eigenvalue weighted by Gasteiger charge is 2.18. The van der Waals surface area contributed by atoms with E-state index in [4.69, 9.17) is 15.7 Å². The lowest BCUT2D eigenvalue weighted by atomic mass is 10.0. The Balaban J connectivity index is 1.96. The van der Waals surface area contributed by atoms with Crippen molar-refractivity contribution in [3.05, 3.63) is 59.7 Å². The molecule has 4 aromatic rings. The van der Waals surface area contributed by atoms with E-state index in [2.05, 4.69) is 41.5 Å². The number of nitrogens with one attached hydrogen (secondary N) is 1. The number of pyridine rings is 1. The van der Waals surface area contributed by atoms with Gasteiger partial charge in [-0.05, 0) is 24.6 Å². The quantitative estimate of drug-likeness (QED) is 0.560. The first-order valence-electron chi connectivity index (χ1n) is 8.49. The van der Waals surface area contributed by atoms with Gasteiger partial charge in [-0.2, -0.15) is 0 Å². The molecule has 0 amide bonds. The van der Waals surface area contributed by atoms with E-state index in [9.17, 15) is 0 Å². The van der Waals surface area contributed by atoms with E-state index in [1.54, 1.807) is 23.7 Å². The van der Waals surface area contributed by atoms with Gasteiger partial charge in [0.2, 0.25) is 0 Å². The highest BCUT2D eigenvalue weighted by Crippen LogP contribution is 2.41. The Bertz CT molecular complexity index is 1030. The number of aryl methyl sites for hydroxylation is 1. The van der Waals surface area contributed by atoms with Gasteiger partial charge in [-0.25, -0.2) is 9.97 Å². The first-order chi connectivity index (χ1) is 12.8. The van der Waals surface area contributed by atoms with Gasteiger partial charge in [-0.3, -0.25) is 4.98 Å². The molecule has 6 heteroatoms. The Morgan fingerprint density at radius 2 is 1.77 bits per heavy atom. The van der Waals surface area contributed by atoms with Crippen LogP contribution in [0.3, 0.4) is 0 Å². The molecule has 5 nitrogen and oxygen atoms in total. The molecule has 0 aliphatic rings. The number of thiophene rings is 1. The second-order valence-corrected chi connectivity index (χ2v) is 7.13. The molecule has 0 radical (unpaired) electrons. The Hall–Kier alpha value is -2.83. The first-order valence-corrected chi connectivity index (χ1v) is 9.30. The van der Waals surface area contributed by atoms with E-state index in [1.165, 1.54) is 16.0 Å². The fourth-order valence-corrected chi connectivity index (χ4v) is 4.06. The van der Waals surface area contributed by atoms with Crippen LogP contribution in [0.25, 0.3) is 32.7 Å². The van der Waals surface area contributed by atoms with E-state index in [1.807, 2.05) is 18.2 Å². The van der Waals surface area contributed by atoms with Crippen molar-refractivity contribution >= 4 is 27.4 Å². The van der Waals surface area contributed by atoms with Crippen molar-refractivity contribution in [2.75, 3.05) is 18.4 Å². The van der Waals surface area contributed by atoms with Crippen molar-refractivity contribution < 1.29 is 0 Å². The third-order valence-electron chi connectivity index (χ3n) is 4.17. The topological polar surface area (TPSA) is 76.7 Å². The Morgan fingerprint density at radius 1 is 1.00 bits per heavy atom. The van der Waals surface area contributed by atoms with Crippen molar-refractivity contribution in [3.63, 3.8) is 0 Å². The van der Waals surface area contributed by atoms with Gasteiger partial charge >= 0.3 is 0 Å². The van der Waals surface area contributed by atoms with Crippen LogP contribution in [0.4, 0.5) is 5.82 Å². The summed E-state index contributed by atoms with van der Waals surface area (Å²) < 4.78 is 0. The lowest BCUT2D eigenvalue weighted by Crippen LogP contribution is -2.14. The molecule has 26 heavy (non-hydrogen) atoms. The summed E-state index contributed by atoms with van der Waals surface area (Å²) in [6, 6.07) is 14.2. The molecule has 130 valence electrons. The van der Waals surface area contributed by atoms with Gasteiger partial charge in [0.1, 0.15) is 10.6 Å². The minimum atomic E-state index is 0.542. The Labute approximate surface area is 156 Å². The number of rotatable bonds is 5. The second kappa shape index (κ2) is 7.19. The monoisotopic (exact) mass is 361 g/mol. The average Bonchev–Trinajstić information content (AvgIpc) is 3.03. The second-order valence-electron chi connectivity index (χ2n) is 5.93. The lowest BCUT2D eigenvalue weighted by Gasteiger charge is -2.10. The average molecular weight is 361 g/mol. The number of nitrogens with two attached hydrogens (primary N) is 1. The van der Waals surface area contributed by atoms with Crippen molar-refractivity contribution in [3.8, 4) is 22.5 Å². The van der Waals surface area contributed by atoms with E-state index in [-0.39, 0.29) is 0 Å². The van der Waals surface area contributed by atoms with Crippen molar-refractivity contribution in [2.45, 2.75) is 6.92 Å². The molecule has 0 bridgehead atoms. The summed E-state index contributed by atoms with van der Waals surface area (Å²) in [6.07, 6.45) is 3.51. The third-order valence-corrected chi connectivity index (χ3v) is 5.16. The predicted octanol–water partition coefficient (Wildman–Crippen LogP) is 4.10. The van der Waals surface area contributed by atoms with Crippen LogP contribution >= 0.6 is 11.3 Å². The molecule has 3 aromatic heterocycles. The first kappa shape index (κ1) is 16.6. The summed E-state index contributed by atoms with van der Waals surface area (Å²) in [5.41, 5.74) is 9.02. The fourth-order valence-electron chi connectivity index (χ4n) is 3.01. The van der Waals surface area contributed by atoms with Crippen LogP contribution in [0, 0.1) is 6.92 Å². The van der Waals surface area contributed by atoms with Crippen molar-refractivity contribution in [2.24, 2.45) is 5.73 Å². The number of benzene rings is 1. The van der Waals surface area contributed by atoms with Gasteiger partial charge in [0.25, 0.3) is 0 Å². The molecular weight excluding hydrogens is 342 g/mol. The summed E-state index contributed by atoms with van der Waals surface area (Å²) in [6.45, 7) is 3.33. The molecular formula is C20H19N5S. The summed E-state index contributed by atoms with van der Waals surface area (Å²) >= 11 is 1.69. The van der Waals surface area contributed by atoms with Gasteiger partial charge in [-0.1, -0.05) is 30.3 Å². The standard InChI is InChI=1S/C20H19N5S/c1-13-16(14-5-3-2-4-6-14)17-19(23-12-9-21)24-18(25-20(17)26-13)15-7-10-22-11-8-15/h2-8,10-11H,9,12,21H2,1H3,(H,23,24,25). The molecule has 0 saturated heterocycles. The van der Waals surface area contributed by atoms with E-state index in [0.29, 0.717) is 18.9 Å². The zero-order valence-electron chi connectivity index (χ0n) is 14.4. The molecule has 0 saturated carbocycles. The lowest BCUT2D eigenvalue weighted by molar-refractivity contribution is 1.01. The van der Waals surface area contributed by atoms with Gasteiger partial charge in [0.05, 0.1) is 5.39 Å². The minimum absolute atomic E-state index is 0.542. The van der Waals surface area contributed by atoms with Crippen LogP contribution in [0.1, 0.15) is 4.88 Å². The molecule has 0 unspecified atom stereocenters.